The highest BCUT2D eigenvalue weighted by molar-refractivity contribution is 5.37. The molecule has 0 radical (unpaired) electrons. The third-order valence-corrected chi connectivity index (χ3v) is 5.20. The van der Waals surface area contributed by atoms with E-state index in [1.54, 1.807) is 0 Å². The minimum absolute atomic E-state index is 0.531. The molecule has 0 heterocycles. The zero-order chi connectivity index (χ0) is 16.9. The Bertz CT molecular complexity index is 430. The number of hydrogen-bond donors (Lipinski definition) is 0. The van der Waals surface area contributed by atoms with Crippen LogP contribution in [0, 0.1) is 13.8 Å². The third-order valence-electron chi connectivity index (χ3n) is 5.20. The zero-order valence-electron chi connectivity index (χ0n) is 15.9. The van der Waals surface area contributed by atoms with Crippen molar-refractivity contribution < 1.29 is 0 Å². The molecule has 0 heteroatoms. The van der Waals surface area contributed by atoms with Crippen molar-refractivity contribution in [3.05, 3.63) is 47.5 Å². The molecule has 0 aliphatic heterocycles. The second kappa shape index (κ2) is 12.4. The first-order valence-electron chi connectivity index (χ1n) is 9.89. The van der Waals surface area contributed by atoms with E-state index < -0.39 is 0 Å². The fourth-order valence-electron chi connectivity index (χ4n) is 3.43. The first-order chi connectivity index (χ1) is 11.2. The molecule has 0 aromatic heterocycles. The average Bonchev–Trinajstić information content (AvgIpc) is 2.56. The molecule has 0 N–H and O–H groups in total. The molecule has 0 amide bonds. The maximum atomic E-state index is 4.07. The lowest BCUT2D eigenvalue weighted by Crippen LogP contribution is -1.99. The van der Waals surface area contributed by atoms with Crippen LogP contribution < -0.4 is 0 Å². The van der Waals surface area contributed by atoms with E-state index in [-0.39, 0.29) is 0 Å². The van der Waals surface area contributed by atoms with Gasteiger partial charge in [-0.3, -0.25) is 0 Å². The van der Waals surface area contributed by atoms with Gasteiger partial charge in [-0.25, -0.2) is 0 Å². The van der Waals surface area contributed by atoms with E-state index in [1.807, 2.05) is 0 Å². The quantitative estimate of drug-likeness (QED) is 0.256. The van der Waals surface area contributed by atoms with Crippen LogP contribution in [0.2, 0.25) is 0 Å². The SMILES string of the molecule is C=CC(CCCCCCCCCCCC)c1cccc(C)c1C. The van der Waals surface area contributed by atoms with Crippen LogP contribution >= 0.6 is 0 Å². The average molecular weight is 315 g/mol. The number of benzene rings is 1. The largest absolute Gasteiger partial charge is 0.102 e. The summed E-state index contributed by atoms with van der Waals surface area (Å²) in [5.41, 5.74) is 4.33. The first kappa shape index (κ1) is 20.0. The Balaban J connectivity index is 2.16. The summed E-state index contributed by atoms with van der Waals surface area (Å²) in [7, 11) is 0. The maximum absolute atomic E-state index is 4.07. The van der Waals surface area contributed by atoms with Crippen LogP contribution in [0.3, 0.4) is 0 Å². The van der Waals surface area contributed by atoms with Crippen molar-refractivity contribution in [1.82, 2.24) is 0 Å². The van der Waals surface area contributed by atoms with Crippen LogP contribution in [-0.2, 0) is 0 Å². The number of hydrogen-bond acceptors (Lipinski definition) is 0. The lowest BCUT2D eigenvalue weighted by molar-refractivity contribution is 0.542. The van der Waals surface area contributed by atoms with Crippen molar-refractivity contribution >= 4 is 0 Å². The van der Waals surface area contributed by atoms with Gasteiger partial charge in [-0.05, 0) is 37.0 Å². The van der Waals surface area contributed by atoms with E-state index >= 15 is 0 Å². The van der Waals surface area contributed by atoms with Crippen molar-refractivity contribution in [3.63, 3.8) is 0 Å². The molecule has 0 aliphatic rings. The van der Waals surface area contributed by atoms with Crippen LogP contribution in [0.25, 0.3) is 0 Å². The molecule has 0 fully saturated rings. The molecule has 1 atom stereocenters. The molecule has 0 spiro atoms. The highest BCUT2D eigenvalue weighted by Gasteiger charge is 2.10. The standard InChI is InChI=1S/C23H38/c1-5-7-8-9-10-11-12-13-14-15-18-22(6-2)23-19-16-17-20(3)21(23)4/h6,16-17,19,22H,2,5,7-15,18H2,1,3-4H3. The van der Waals surface area contributed by atoms with Crippen molar-refractivity contribution in [2.24, 2.45) is 0 Å². The highest BCUT2D eigenvalue weighted by atomic mass is 14.2. The van der Waals surface area contributed by atoms with Crippen molar-refractivity contribution in [3.8, 4) is 0 Å². The Morgan fingerprint density at radius 3 is 2.00 bits per heavy atom. The summed E-state index contributed by atoms with van der Waals surface area (Å²) in [4.78, 5) is 0. The molecule has 1 rings (SSSR count). The van der Waals surface area contributed by atoms with Gasteiger partial charge in [-0.15, -0.1) is 6.58 Å². The lowest BCUT2D eigenvalue weighted by Gasteiger charge is -2.17. The monoisotopic (exact) mass is 314 g/mol. The molecule has 0 saturated carbocycles. The predicted molar refractivity (Wildman–Crippen MR) is 105 cm³/mol. The molecule has 0 bridgehead atoms. The molecule has 1 aromatic rings. The summed E-state index contributed by atoms with van der Waals surface area (Å²) < 4.78 is 0. The second-order valence-corrected chi connectivity index (χ2v) is 7.10. The Kier molecular flexibility index (Phi) is 10.8. The Morgan fingerprint density at radius 1 is 0.870 bits per heavy atom. The van der Waals surface area contributed by atoms with Gasteiger partial charge in [-0.1, -0.05) is 95.4 Å². The summed E-state index contributed by atoms with van der Waals surface area (Å²) in [5.74, 6) is 0.531. The minimum Gasteiger partial charge on any atom is -0.102 e. The fraction of sp³-hybridized carbons (Fsp3) is 0.652. The van der Waals surface area contributed by atoms with Crippen LogP contribution in [0.4, 0.5) is 0 Å². The van der Waals surface area contributed by atoms with Crippen molar-refractivity contribution in [1.29, 1.82) is 0 Å². The molecule has 0 nitrogen and oxygen atoms in total. The zero-order valence-corrected chi connectivity index (χ0v) is 15.9. The van der Waals surface area contributed by atoms with E-state index in [0.29, 0.717) is 5.92 Å². The molecule has 0 saturated heterocycles. The topological polar surface area (TPSA) is 0 Å². The number of rotatable bonds is 13. The molecule has 0 aliphatic carbocycles. The molecular formula is C23H38. The summed E-state index contributed by atoms with van der Waals surface area (Å²) in [6.45, 7) is 10.8. The first-order valence-corrected chi connectivity index (χ1v) is 9.89. The van der Waals surface area contributed by atoms with Crippen LogP contribution in [0.5, 0.6) is 0 Å². The van der Waals surface area contributed by atoms with E-state index in [1.165, 1.54) is 87.3 Å². The summed E-state index contributed by atoms with van der Waals surface area (Å²) in [5, 5.41) is 0. The summed E-state index contributed by atoms with van der Waals surface area (Å²) in [6, 6.07) is 6.68. The van der Waals surface area contributed by atoms with Gasteiger partial charge >= 0.3 is 0 Å². The third kappa shape index (κ3) is 7.86. The Labute approximate surface area is 145 Å². The van der Waals surface area contributed by atoms with E-state index in [4.69, 9.17) is 0 Å². The van der Waals surface area contributed by atoms with Crippen LogP contribution in [-0.4, -0.2) is 0 Å². The van der Waals surface area contributed by atoms with Gasteiger partial charge in [0.15, 0.2) is 0 Å². The number of unbranched alkanes of at least 4 members (excludes halogenated alkanes) is 9. The summed E-state index contributed by atoms with van der Waals surface area (Å²) >= 11 is 0. The Hall–Kier alpha value is -1.04. The predicted octanol–water partition coefficient (Wildman–Crippen LogP) is 7.88. The lowest BCUT2D eigenvalue weighted by atomic mass is 9.88. The molecular weight excluding hydrogens is 276 g/mol. The van der Waals surface area contributed by atoms with Crippen LogP contribution in [0.15, 0.2) is 30.9 Å². The van der Waals surface area contributed by atoms with Gasteiger partial charge in [-0.2, -0.15) is 0 Å². The van der Waals surface area contributed by atoms with Gasteiger partial charge in [0.25, 0.3) is 0 Å². The van der Waals surface area contributed by atoms with Crippen molar-refractivity contribution in [2.45, 2.75) is 97.3 Å². The van der Waals surface area contributed by atoms with Crippen LogP contribution in [0.1, 0.15) is 100 Å². The fourth-order valence-corrected chi connectivity index (χ4v) is 3.43. The van der Waals surface area contributed by atoms with Gasteiger partial charge in [0, 0.05) is 5.92 Å². The van der Waals surface area contributed by atoms with Gasteiger partial charge in [0.05, 0.1) is 0 Å². The van der Waals surface area contributed by atoms with Gasteiger partial charge in [0.1, 0.15) is 0 Å². The molecule has 1 unspecified atom stereocenters. The molecule has 1 aromatic carbocycles. The van der Waals surface area contributed by atoms with Crippen molar-refractivity contribution in [2.75, 3.05) is 0 Å². The maximum Gasteiger partial charge on any atom is 0.00180 e. The number of allylic oxidation sites excluding steroid dienone is 1. The van der Waals surface area contributed by atoms with E-state index in [0.717, 1.165) is 0 Å². The van der Waals surface area contributed by atoms with Gasteiger partial charge < -0.3 is 0 Å². The Morgan fingerprint density at radius 2 is 1.43 bits per heavy atom. The smallest absolute Gasteiger partial charge is 0.00180 e. The number of aryl methyl sites for hydroxylation is 1. The minimum atomic E-state index is 0.531. The van der Waals surface area contributed by atoms with E-state index in [9.17, 15) is 0 Å². The highest BCUT2D eigenvalue weighted by Crippen LogP contribution is 2.28. The van der Waals surface area contributed by atoms with Gasteiger partial charge in [0.2, 0.25) is 0 Å². The second-order valence-electron chi connectivity index (χ2n) is 7.10. The van der Waals surface area contributed by atoms with E-state index in [2.05, 4.69) is 51.6 Å². The molecule has 23 heavy (non-hydrogen) atoms. The summed E-state index contributed by atoms with van der Waals surface area (Å²) in [6.07, 6.45) is 17.5. The normalized spacial score (nSPS) is 12.3. The molecule has 130 valence electrons.